The number of nitrogens with two attached hydrogens (primary N) is 1. The van der Waals surface area contributed by atoms with E-state index >= 15 is 0 Å². The summed E-state index contributed by atoms with van der Waals surface area (Å²) in [5, 5.41) is 4.22. The minimum Gasteiger partial charge on any atom is -0.335 e. The lowest BCUT2D eigenvalue weighted by Crippen LogP contribution is -2.57. The minimum atomic E-state index is -0.0378. The van der Waals surface area contributed by atoms with Crippen molar-refractivity contribution in [3.63, 3.8) is 0 Å². The van der Waals surface area contributed by atoms with Crippen LogP contribution in [0.5, 0.6) is 0 Å². The first-order valence-electron chi connectivity index (χ1n) is 5.93. The number of fused-ring (bicyclic) bond motifs is 1. The first-order valence-corrected chi connectivity index (χ1v) is 5.93. The molecule has 0 atom stereocenters. The standard InChI is InChI=1S/C12H15N5O/c1-7-3-8(2)17-11(15-7)10(4-14-17)12(18)16-5-9(13)6-16/h3-4,9H,5-6,13H2,1-2H3. The van der Waals surface area contributed by atoms with E-state index in [0.717, 1.165) is 11.4 Å². The van der Waals surface area contributed by atoms with Gasteiger partial charge in [0.25, 0.3) is 5.91 Å². The van der Waals surface area contributed by atoms with E-state index in [-0.39, 0.29) is 11.9 Å². The molecule has 1 saturated heterocycles. The Morgan fingerprint density at radius 3 is 2.83 bits per heavy atom. The van der Waals surface area contributed by atoms with Crippen LogP contribution in [0.3, 0.4) is 0 Å². The number of aryl methyl sites for hydroxylation is 2. The summed E-state index contributed by atoms with van der Waals surface area (Å²) in [6.07, 6.45) is 1.58. The van der Waals surface area contributed by atoms with Crippen LogP contribution in [0.25, 0.3) is 5.65 Å². The lowest BCUT2D eigenvalue weighted by atomic mass is 10.1. The minimum absolute atomic E-state index is 0.0378. The number of aromatic nitrogens is 3. The van der Waals surface area contributed by atoms with E-state index in [0.29, 0.717) is 24.3 Å². The molecule has 1 aliphatic heterocycles. The molecule has 0 spiro atoms. The third kappa shape index (κ3) is 1.57. The summed E-state index contributed by atoms with van der Waals surface area (Å²) in [6, 6.07) is 2.04. The van der Waals surface area contributed by atoms with Gasteiger partial charge in [-0.05, 0) is 19.9 Å². The maximum absolute atomic E-state index is 12.2. The smallest absolute Gasteiger partial charge is 0.259 e. The van der Waals surface area contributed by atoms with E-state index in [4.69, 9.17) is 5.73 Å². The number of rotatable bonds is 1. The van der Waals surface area contributed by atoms with Crippen LogP contribution in [0.15, 0.2) is 12.3 Å². The van der Waals surface area contributed by atoms with Crippen molar-refractivity contribution < 1.29 is 4.79 Å². The first kappa shape index (κ1) is 11.2. The zero-order valence-corrected chi connectivity index (χ0v) is 10.4. The summed E-state index contributed by atoms with van der Waals surface area (Å²) in [5.74, 6) is -0.0378. The van der Waals surface area contributed by atoms with Crippen LogP contribution in [0.1, 0.15) is 21.7 Å². The highest BCUT2D eigenvalue weighted by Crippen LogP contribution is 2.17. The summed E-state index contributed by atoms with van der Waals surface area (Å²) in [7, 11) is 0. The monoisotopic (exact) mass is 245 g/mol. The molecule has 6 nitrogen and oxygen atoms in total. The number of carbonyl (C=O) groups excluding carboxylic acids is 1. The molecule has 0 unspecified atom stereocenters. The van der Waals surface area contributed by atoms with Crippen molar-refractivity contribution in [2.75, 3.05) is 13.1 Å². The SMILES string of the molecule is Cc1cc(C)n2ncc(C(=O)N3CC(N)C3)c2n1. The van der Waals surface area contributed by atoms with Gasteiger partial charge in [0.05, 0.1) is 6.20 Å². The highest BCUT2D eigenvalue weighted by molar-refractivity contribution is 6.00. The fourth-order valence-electron chi connectivity index (χ4n) is 2.27. The molecule has 0 radical (unpaired) electrons. The normalized spacial score (nSPS) is 16.1. The van der Waals surface area contributed by atoms with Gasteiger partial charge >= 0.3 is 0 Å². The number of likely N-dealkylation sites (tertiary alicyclic amines) is 1. The Kier molecular flexibility index (Phi) is 2.34. The molecule has 2 aromatic heterocycles. The molecule has 1 fully saturated rings. The van der Waals surface area contributed by atoms with E-state index in [1.54, 1.807) is 15.6 Å². The molecule has 0 bridgehead atoms. The van der Waals surface area contributed by atoms with Gasteiger partial charge < -0.3 is 10.6 Å². The molecule has 1 aliphatic rings. The predicted octanol–water partition coefficient (Wildman–Crippen LogP) is 0.129. The van der Waals surface area contributed by atoms with E-state index in [1.165, 1.54) is 0 Å². The summed E-state index contributed by atoms with van der Waals surface area (Å²) < 4.78 is 1.69. The second-order valence-electron chi connectivity index (χ2n) is 4.80. The van der Waals surface area contributed by atoms with E-state index in [2.05, 4.69) is 10.1 Å². The van der Waals surface area contributed by atoms with Crippen molar-refractivity contribution >= 4 is 11.6 Å². The maximum atomic E-state index is 12.2. The zero-order valence-electron chi connectivity index (χ0n) is 10.4. The molecule has 0 aliphatic carbocycles. The molecule has 2 aromatic rings. The van der Waals surface area contributed by atoms with Gasteiger partial charge in [-0.1, -0.05) is 0 Å². The van der Waals surface area contributed by atoms with Gasteiger partial charge in [-0.3, -0.25) is 4.79 Å². The van der Waals surface area contributed by atoms with Gasteiger partial charge in [0, 0.05) is 30.5 Å². The number of amides is 1. The summed E-state index contributed by atoms with van der Waals surface area (Å²) in [5.41, 5.74) is 8.72. The molecule has 3 rings (SSSR count). The average molecular weight is 245 g/mol. The van der Waals surface area contributed by atoms with Gasteiger partial charge in [-0.15, -0.1) is 0 Å². The fraction of sp³-hybridized carbons (Fsp3) is 0.417. The summed E-state index contributed by atoms with van der Waals surface area (Å²) in [4.78, 5) is 18.4. The topological polar surface area (TPSA) is 76.5 Å². The quantitative estimate of drug-likeness (QED) is 0.774. The van der Waals surface area contributed by atoms with Gasteiger partial charge in [0.1, 0.15) is 5.56 Å². The van der Waals surface area contributed by atoms with Crippen molar-refractivity contribution in [2.45, 2.75) is 19.9 Å². The highest BCUT2D eigenvalue weighted by Gasteiger charge is 2.30. The van der Waals surface area contributed by atoms with Gasteiger partial charge in [-0.25, -0.2) is 9.50 Å². The Morgan fingerprint density at radius 1 is 1.44 bits per heavy atom. The van der Waals surface area contributed by atoms with Crippen LogP contribution >= 0.6 is 0 Å². The van der Waals surface area contributed by atoms with Gasteiger partial charge in [0.15, 0.2) is 5.65 Å². The molecular formula is C12H15N5O. The largest absolute Gasteiger partial charge is 0.335 e. The lowest BCUT2D eigenvalue weighted by Gasteiger charge is -2.36. The van der Waals surface area contributed by atoms with Crippen LogP contribution in [0.2, 0.25) is 0 Å². The van der Waals surface area contributed by atoms with E-state index in [9.17, 15) is 4.79 Å². The Bertz CT molecular complexity index is 627. The molecular weight excluding hydrogens is 230 g/mol. The predicted molar refractivity (Wildman–Crippen MR) is 66.3 cm³/mol. The molecule has 3 heterocycles. The first-order chi connectivity index (χ1) is 8.56. The van der Waals surface area contributed by atoms with E-state index in [1.807, 2.05) is 19.9 Å². The zero-order chi connectivity index (χ0) is 12.9. The van der Waals surface area contributed by atoms with Gasteiger partial charge in [0.2, 0.25) is 0 Å². The molecule has 0 aromatic carbocycles. The van der Waals surface area contributed by atoms with Crippen molar-refractivity contribution in [3.8, 4) is 0 Å². The molecule has 1 amide bonds. The van der Waals surface area contributed by atoms with E-state index < -0.39 is 0 Å². The van der Waals surface area contributed by atoms with Crippen molar-refractivity contribution in [1.82, 2.24) is 19.5 Å². The second kappa shape index (κ2) is 3.78. The second-order valence-corrected chi connectivity index (χ2v) is 4.80. The number of hydrogen-bond acceptors (Lipinski definition) is 4. The van der Waals surface area contributed by atoms with Crippen LogP contribution < -0.4 is 5.73 Å². The molecule has 0 saturated carbocycles. The number of hydrogen-bond donors (Lipinski definition) is 1. The lowest BCUT2D eigenvalue weighted by molar-refractivity contribution is 0.0610. The van der Waals surface area contributed by atoms with Crippen LogP contribution in [-0.4, -0.2) is 44.5 Å². The average Bonchev–Trinajstić information content (AvgIpc) is 2.67. The maximum Gasteiger partial charge on any atom is 0.259 e. The highest BCUT2D eigenvalue weighted by atomic mass is 16.2. The Morgan fingerprint density at radius 2 is 2.17 bits per heavy atom. The Hall–Kier alpha value is -1.95. The third-order valence-electron chi connectivity index (χ3n) is 3.21. The summed E-state index contributed by atoms with van der Waals surface area (Å²) >= 11 is 0. The van der Waals surface area contributed by atoms with Crippen molar-refractivity contribution in [3.05, 3.63) is 29.2 Å². The third-order valence-corrected chi connectivity index (χ3v) is 3.21. The summed E-state index contributed by atoms with van der Waals surface area (Å²) in [6.45, 7) is 5.08. The van der Waals surface area contributed by atoms with Crippen LogP contribution in [0.4, 0.5) is 0 Å². The molecule has 2 N–H and O–H groups in total. The number of nitrogens with zero attached hydrogens (tertiary/aromatic N) is 4. The van der Waals surface area contributed by atoms with Crippen LogP contribution in [-0.2, 0) is 0 Å². The Labute approximate surface area is 104 Å². The molecule has 94 valence electrons. The van der Waals surface area contributed by atoms with Crippen LogP contribution in [0, 0.1) is 13.8 Å². The van der Waals surface area contributed by atoms with Crippen molar-refractivity contribution in [2.24, 2.45) is 5.73 Å². The Balaban J connectivity index is 2.04. The fourth-order valence-corrected chi connectivity index (χ4v) is 2.27. The van der Waals surface area contributed by atoms with Crippen molar-refractivity contribution in [1.29, 1.82) is 0 Å². The van der Waals surface area contributed by atoms with Gasteiger partial charge in [-0.2, -0.15) is 5.10 Å². The molecule has 18 heavy (non-hydrogen) atoms. The molecule has 6 heteroatoms. The number of carbonyl (C=O) groups is 1.